The lowest BCUT2D eigenvalue weighted by Crippen LogP contribution is -2.33. The van der Waals surface area contributed by atoms with Crippen molar-refractivity contribution >= 4 is 15.9 Å². The molecule has 84 valence electrons. The number of rotatable bonds is 5. The van der Waals surface area contributed by atoms with Gasteiger partial charge in [0.2, 0.25) is 0 Å². The van der Waals surface area contributed by atoms with Crippen molar-refractivity contribution in [1.82, 2.24) is 0 Å². The fraction of sp³-hybridized carbons (Fsp3) is 0.500. The first-order valence-electron chi connectivity index (χ1n) is 5.08. The smallest absolute Gasteiger partial charge is 0.0892 e. The molecular weight excluding hydrogens is 256 g/mol. The third-order valence-electron chi connectivity index (χ3n) is 2.09. The van der Waals surface area contributed by atoms with Crippen molar-refractivity contribution in [3.05, 3.63) is 34.3 Å². The van der Waals surface area contributed by atoms with Gasteiger partial charge in [0.1, 0.15) is 0 Å². The molecule has 0 spiro atoms. The summed E-state index contributed by atoms with van der Waals surface area (Å²) in [6.07, 6.45) is 0.604. The summed E-state index contributed by atoms with van der Waals surface area (Å²) >= 11 is 3.41. The lowest BCUT2D eigenvalue weighted by molar-refractivity contribution is -0.0296. The fourth-order valence-electron chi connectivity index (χ4n) is 1.46. The Morgan fingerprint density at radius 2 is 2.20 bits per heavy atom. The Hall–Kier alpha value is -0.380. The summed E-state index contributed by atoms with van der Waals surface area (Å²) in [6.45, 7) is 4.73. The molecule has 1 N–H and O–H groups in total. The van der Waals surface area contributed by atoms with Crippen molar-refractivity contribution in [2.75, 3.05) is 13.2 Å². The van der Waals surface area contributed by atoms with Gasteiger partial charge in [-0.05, 0) is 31.5 Å². The zero-order valence-corrected chi connectivity index (χ0v) is 10.8. The Morgan fingerprint density at radius 1 is 1.47 bits per heavy atom. The van der Waals surface area contributed by atoms with Crippen LogP contribution in [-0.2, 0) is 11.2 Å². The van der Waals surface area contributed by atoms with Crippen LogP contribution in [0.15, 0.2) is 28.7 Å². The summed E-state index contributed by atoms with van der Waals surface area (Å²) in [5.74, 6) is 0. The van der Waals surface area contributed by atoms with Crippen molar-refractivity contribution in [3.8, 4) is 0 Å². The van der Waals surface area contributed by atoms with E-state index in [4.69, 9.17) is 4.74 Å². The third kappa shape index (κ3) is 4.78. The van der Waals surface area contributed by atoms with E-state index in [-0.39, 0.29) is 0 Å². The Labute approximate surface area is 99.4 Å². The van der Waals surface area contributed by atoms with Crippen LogP contribution in [0, 0.1) is 0 Å². The minimum absolute atomic E-state index is 0.371. The van der Waals surface area contributed by atoms with Crippen LogP contribution in [0.2, 0.25) is 0 Å². The van der Waals surface area contributed by atoms with Gasteiger partial charge in [-0.2, -0.15) is 0 Å². The molecule has 1 rings (SSSR count). The molecular formula is C12H17BrO2. The van der Waals surface area contributed by atoms with Crippen LogP contribution in [0.5, 0.6) is 0 Å². The van der Waals surface area contributed by atoms with E-state index in [1.165, 1.54) is 0 Å². The average Bonchev–Trinajstić information content (AvgIpc) is 2.14. The zero-order valence-electron chi connectivity index (χ0n) is 9.16. The fourth-order valence-corrected chi connectivity index (χ4v) is 1.91. The first-order chi connectivity index (χ1) is 7.03. The van der Waals surface area contributed by atoms with Crippen LogP contribution in [0.4, 0.5) is 0 Å². The second kappa shape index (κ2) is 5.64. The van der Waals surface area contributed by atoms with Gasteiger partial charge in [-0.15, -0.1) is 0 Å². The summed E-state index contributed by atoms with van der Waals surface area (Å²) in [4.78, 5) is 0. The second-order valence-electron chi connectivity index (χ2n) is 3.94. The SMILES string of the molecule is CCOCC(C)(O)Cc1cccc(Br)c1. The van der Waals surface area contributed by atoms with Crippen LogP contribution in [-0.4, -0.2) is 23.9 Å². The quantitative estimate of drug-likeness (QED) is 0.893. The van der Waals surface area contributed by atoms with Gasteiger partial charge in [-0.1, -0.05) is 28.1 Å². The Morgan fingerprint density at radius 3 is 2.80 bits per heavy atom. The van der Waals surface area contributed by atoms with Gasteiger partial charge in [0.15, 0.2) is 0 Å². The van der Waals surface area contributed by atoms with E-state index < -0.39 is 5.60 Å². The average molecular weight is 273 g/mol. The van der Waals surface area contributed by atoms with E-state index in [1.807, 2.05) is 31.2 Å². The lowest BCUT2D eigenvalue weighted by Gasteiger charge is -2.23. The predicted molar refractivity (Wildman–Crippen MR) is 65.0 cm³/mol. The van der Waals surface area contributed by atoms with Crippen LogP contribution in [0.25, 0.3) is 0 Å². The number of aliphatic hydroxyl groups is 1. The van der Waals surface area contributed by atoms with Crippen LogP contribution >= 0.6 is 15.9 Å². The van der Waals surface area contributed by atoms with Gasteiger partial charge < -0.3 is 9.84 Å². The van der Waals surface area contributed by atoms with Crippen molar-refractivity contribution in [1.29, 1.82) is 0 Å². The standard InChI is InChI=1S/C12H17BrO2/c1-3-15-9-12(2,14)8-10-5-4-6-11(13)7-10/h4-7,14H,3,8-9H2,1-2H3. The number of ether oxygens (including phenoxy) is 1. The van der Waals surface area contributed by atoms with Crippen molar-refractivity contribution < 1.29 is 9.84 Å². The minimum Gasteiger partial charge on any atom is -0.387 e. The first-order valence-corrected chi connectivity index (χ1v) is 5.87. The molecule has 0 radical (unpaired) electrons. The number of halogens is 1. The van der Waals surface area contributed by atoms with Gasteiger partial charge in [0.25, 0.3) is 0 Å². The van der Waals surface area contributed by atoms with E-state index in [0.29, 0.717) is 19.6 Å². The molecule has 1 aromatic rings. The highest BCUT2D eigenvalue weighted by Gasteiger charge is 2.20. The molecule has 0 saturated carbocycles. The highest BCUT2D eigenvalue weighted by atomic mass is 79.9. The maximum atomic E-state index is 10.0. The van der Waals surface area contributed by atoms with Crippen molar-refractivity contribution in [2.45, 2.75) is 25.9 Å². The summed E-state index contributed by atoms with van der Waals surface area (Å²) in [5, 5.41) is 10.0. The first kappa shape index (κ1) is 12.7. The van der Waals surface area contributed by atoms with Crippen LogP contribution < -0.4 is 0 Å². The summed E-state index contributed by atoms with van der Waals surface area (Å²) in [7, 11) is 0. The van der Waals surface area contributed by atoms with E-state index in [2.05, 4.69) is 15.9 Å². The molecule has 1 aromatic carbocycles. The molecule has 0 aliphatic carbocycles. The maximum Gasteiger partial charge on any atom is 0.0892 e. The normalized spacial score (nSPS) is 14.9. The number of benzene rings is 1. The summed E-state index contributed by atoms with van der Waals surface area (Å²) in [6, 6.07) is 7.96. The highest BCUT2D eigenvalue weighted by molar-refractivity contribution is 9.10. The van der Waals surface area contributed by atoms with E-state index >= 15 is 0 Å². The van der Waals surface area contributed by atoms with Gasteiger partial charge in [0, 0.05) is 17.5 Å². The molecule has 0 aromatic heterocycles. The number of hydrogen-bond donors (Lipinski definition) is 1. The zero-order chi connectivity index (χ0) is 11.3. The summed E-state index contributed by atoms with van der Waals surface area (Å²) < 4.78 is 6.27. The molecule has 3 heteroatoms. The highest BCUT2D eigenvalue weighted by Crippen LogP contribution is 2.17. The Kier molecular flexibility index (Phi) is 4.77. The second-order valence-corrected chi connectivity index (χ2v) is 4.86. The monoisotopic (exact) mass is 272 g/mol. The Balaban J connectivity index is 2.60. The molecule has 0 heterocycles. The van der Waals surface area contributed by atoms with E-state index in [0.717, 1.165) is 10.0 Å². The van der Waals surface area contributed by atoms with Gasteiger partial charge in [-0.25, -0.2) is 0 Å². The molecule has 0 amide bonds. The molecule has 1 unspecified atom stereocenters. The van der Waals surface area contributed by atoms with Crippen molar-refractivity contribution in [3.63, 3.8) is 0 Å². The summed E-state index contributed by atoms with van der Waals surface area (Å²) in [5.41, 5.74) is 0.311. The predicted octanol–water partition coefficient (Wildman–Crippen LogP) is 2.78. The molecule has 15 heavy (non-hydrogen) atoms. The molecule has 0 fully saturated rings. The van der Waals surface area contributed by atoms with E-state index in [1.54, 1.807) is 6.92 Å². The van der Waals surface area contributed by atoms with E-state index in [9.17, 15) is 5.11 Å². The molecule has 0 saturated heterocycles. The van der Waals surface area contributed by atoms with Crippen molar-refractivity contribution in [2.24, 2.45) is 0 Å². The number of hydrogen-bond acceptors (Lipinski definition) is 2. The molecule has 2 nitrogen and oxygen atoms in total. The van der Waals surface area contributed by atoms with Gasteiger partial charge >= 0.3 is 0 Å². The topological polar surface area (TPSA) is 29.5 Å². The van der Waals surface area contributed by atoms with Gasteiger partial charge in [0.05, 0.1) is 12.2 Å². The molecule has 0 aliphatic rings. The molecule has 0 aliphatic heterocycles. The molecule has 0 bridgehead atoms. The maximum absolute atomic E-state index is 10.0. The largest absolute Gasteiger partial charge is 0.387 e. The Bertz CT molecular complexity index is 310. The van der Waals surface area contributed by atoms with Crippen LogP contribution in [0.1, 0.15) is 19.4 Å². The third-order valence-corrected chi connectivity index (χ3v) is 2.58. The molecule has 1 atom stereocenters. The van der Waals surface area contributed by atoms with Crippen LogP contribution in [0.3, 0.4) is 0 Å². The minimum atomic E-state index is -0.795. The lowest BCUT2D eigenvalue weighted by atomic mass is 9.97. The van der Waals surface area contributed by atoms with Gasteiger partial charge in [-0.3, -0.25) is 0 Å².